The summed E-state index contributed by atoms with van der Waals surface area (Å²) in [4.78, 5) is 29.8. The number of nitrogens with zero attached hydrogens (tertiary/aromatic N) is 4. The molecule has 170 valence electrons. The summed E-state index contributed by atoms with van der Waals surface area (Å²) in [5.74, 6) is 0.776. The van der Waals surface area contributed by atoms with E-state index < -0.39 is 0 Å². The van der Waals surface area contributed by atoms with E-state index in [0.29, 0.717) is 47.7 Å². The van der Waals surface area contributed by atoms with Gasteiger partial charge >= 0.3 is 0 Å². The lowest BCUT2D eigenvalue weighted by molar-refractivity contribution is 0.0951. The molecule has 1 N–H and O–H groups in total. The average molecular weight is 512 g/mol. The van der Waals surface area contributed by atoms with Crippen molar-refractivity contribution < 1.29 is 14.3 Å². The molecule has 2 aromatic heterocycles. The Bertz CT molecular complexity index is 1350. The molecule has 0 aliphatic heterocycles. The summed E-state index contributed by atoms with van der Waals surface area (Å²) < 4.78 is 14.6. The minimum atomic E-state index is -0.253. The first-order valence-corrected chi connectivity index (χ1v) is 10.9. The zero-order valence-electron chi connectivity index (χ0n) is 18.1. The van der Waals surface area contributed by atoms with Crippen LogP contribution in [0.1, 0.15) is 15.9 Å². The van der Waals surface area contributed by atoms with E-state index in [1.165, 1.54) is 26.7 Å². The highest BCUT2D eigenvalue weighted by Gasteiger charge is 2.13. The summed E-state index contributed by atoms with van der Waals surface area (Å²) in [7, 11) is 3.05. The number of hydrogen-bond donors (Lipinski definition) is 1. The van der Waals surface area contributed by atoms with Crippen molar-refractivity contribution in [1.82, 2.24) is 24.6 Å². The number of benzene rings is 2. The molecular weight excluding hydrogens is 490 g/mol. The lowest BCUT2D eigenvalue weighted by atomic mass is 10.2. The van der Waals surface area contributed by atoms with Crippen molar-refractivity contribution in [2.45, 2.75) is 13.1 Å². The SMILES string of the molecule is COc1ccc(C(=O)NCCn2ncc3c(=O)n(Cc4ccc(Br)cc4)cnc32)cc1OC. The number of carbonyl (C=O) groups excluding carboxylic acids is 1. The standard InChI is InChI=1S/C23H22BrN5O4/c1-32-19-8-5-16(11-20(19)33-2)22(30)25-9-10-29-21-18(12-27-29)23(31)28(14-26-21)13-15-3-6-17(24)7-4-15/h3-8,11-12,14H,9-10,13H2,1-2H3,(H,25,30). The summed E-state index contributed by atoms with van der Waals surface area (Å²) in [6.07, 6.45) is 3.03. The van der Waals surface area contributed by atoms with Gasteiger partial charge in [-0.05, 0) is 35.9 Å². The van der Waals surface area contributed by atoms with Gasteiger partial charge in [-0.15, -0.1) is 0 Å². The van der Waals surface area contributed by atoms with Crippen molar-refractivity contribution >= 4 is 32.9 Å². The van der Waals surface area contributed by atoms with Crippen LogP contribution in [-0.4, -0.2) is 46.0 Å². The van der Waals surface area contributed by atoms with Gasteiger partial charge in [0, 0.05) is 16.6 Å². The number of rotatable bonds is 8. The average Bonchev–Trinajstić information content (AvgIpc) is 3.25. The summed E-state index contributed by atoms with van der Waals surface area (Å²) >= 11 is 3.41. The number of amides is 1. The van der Waals surface area contributed by atoms with Gasteiger partial charge in [0.2, 0.25) is 0 Å². The Morgan fingerprint density at radius 2 is 1.85 bits per heavy atom. The minimum absolute atomic E-state index is 0.163. The second-order valence-electron chi connectivity index (χ2n) is 7.23. The van der Waals surface area contributed by atoms with Crippen LogP contribution >= 0.6 is 15.9 Å². The Morgan fingerprint density at radius 3 is 2.58 bits per heavy atom. The molecule has 0 radical (unpaired) electrons. The molecular formula is C23H22BrN5O4. The third-order valence-electron chi connectivity index (χ3n) is 5.14. The van der Waals surface area contributed by atoms with Crippen LogP contribution in [0, 0.1) is 0 Å². The summed E-state index contributed by atoms with van der Waals surface area (Å²) in [6, 6.07) is 12.7. The quantitative estimate of drug-likeness (QED) is 0.390. The van der Waals surface area contributed by atoms with Crippen LogP contribution in [-0.2, 0) is 13.1 Å². The predicted octanol–water partition coefficient (Wildman–Crippen LogP) is 2.85. The molecule has 0 aliphatic rings. The molecule has 4 aromatic rings. The van der Waals surface area contributed by atoms with E-state index in [9.17, 15) is 9.59 Å². The Balaban J connectivity index is 1.43. The Morgan fingerprint density at radius 1 is 1.09 bits per heavy atom. The number of methoxy groups -OCH3 is 2. The van der Waals surface area contributed by atoms with Crippen LogP contribution in [0.25, 0.3) is 11.0 Å². The molecule has 0 aliphatic carbocycles. The van der Waals surface area contributed by atoms with E-state index in [4.69, 9.17) is 9.47 Å². The van der Waals surface area contributed by atoms with E-state index in [-0.39, 0.29) is 11.5 Å². The Hall–Kier alpha value is -3.66. The monoisotopic (exact) mass is 511 g/mol. The first-order valence-electron chi connectivity index (χ1n) is 10.2. The van der Waals surface area contributed by atoms with Gasteiger partial charge in [0.15, 0.2) is 17.1 Å². The fraction of sp³-hybridized carbons (Fsp3) is 0.217. The van der Waals surface area contributed by atoms with E-state index in [0.717, 1.165) is 10.0 Å². The molecule has 9 nitrogen and oxygen atoms in total. The fourth-order valence-corrected chi connectivity index (χ4v) is 3.68. The summed E-state index contributed by atoms with van der Waals surface area (Å²) in [6.45, 7) is 1.10. The largest absolute Gasteiger partial charge is 0.493 e. The smallest absolute Gasteiger partial charge is 0.264 e. The summed E-state index contributed by atoms with van der Waals surface area (Å²) in [5.41, 5.74) is 1.76. The van der Waals surface area contributed by atoms with Gasteiger partial charge in [-0.25, -0.2) is 9.67 Å². The third-order valence-corrected chi connectivity index (χ3v) is 5.67. The lowest BCUT2D eigenvalue weighted by Crippen LogP contribution is -2.27. The van der Waals surface area contributed by atoms with Crippen LogP contribution in [0.2, 0.25) is 0 Å². The van der Waals surface area contributed by atoms with Gasteiger partial charge in [0.1, 0.15) is 11.7 Å². The number of nitrogens with one attached hydrogen (secondary N) is 1. The molecule has 10 heteroatoms. The molecule has 0 spiro atoms. The highest BCUT2D eigenvalue weighted by atomic mass is 79.9. The number of carbonyl (C=O) groups is 1. The van der Waals surface area contributed by atoms with Gasteiger partial charge in [0.05, 0.1) is 33.5 Å². The number of ether oxygens (including phenoxy) is 2. The highest BCUT2D eigenvalue weighted by molar-refractivity contribution is 9.10. The zero-order valence-corrected chi connectivity index (χ0v) is 19.7. The second-order valence-corrected chi connectivity index (χ2v) is 8.15. The van der Waals surface area contributed by atoms with E-state index in [1.807, 2.05) is 24.3 Å². The molecule has 0 bridgehead atoms. The topological polar surface area (TPSA) is 100 Å². The first kappa shape index (κ1) is 22.5. The molecule has 0 saturated carbocycles. The first-order chi connectivity index (χ1) is 16.0. The zero-order chi connectivity index (χ0) is 23.4. The van der Waals surface area contributed by atoms with Gasteiger partial charge in [-0.3, -0.25) is 14.2 Å². The van der Waals surface area contributed by atoms with Crippen molar-refractivity contribution in [2.75, 3.05) is 20.8 Å². The fourth-order valence-electron chi connectivity index (χ4n) is 3.42. The van der Waals surface area contributed by atoms with Gasteiger partial charge in [-0.2, -0.15) is 5.10 Å². The van der Waals surface area contributed by atoms with Crippen LogP contribution in [0.3, 0.4) is 0 Å². The third kappa shape index (κ3) is 4.90. The second kappa shape index (κ2) is 9.86. The van der Waals surface area contributed by atoms with E-state index in [2.05, 4.69) is 31.3 Å². The van der Waals surface area contributed by atoms with Crippen LogP contribution < -0.4 is 20.3 Å². The molecule has 0 saturated heterocycles. The number of fused-ring (bicyclic) bond motifs is 1. The number of halogens is 1. The number of hydrogen-bond acceptors (Lipinski definition) is 6. The van der Waals surface area contributed by atoms with Gasteiger partial charge in [0.25, 0.3) is 11.5 Å². The van der Waals surface area contributed by atoms with E-state index in [1.54, 1.807) is 27.4 Å². The Kier molecular flexibility index (Phi) is 6.74. The molecule has 0 unspecified atom stereocenters. The van der Waals surface area contributed by atoms with Gasteiger partial charge in [-0.1, -0.05) is 28.1 Å². The number of aromatic nitrogens is 4. The maximum atomic E-state index is 12.9. The molecule has 1 amide bonds. The maximum absolute atomic E-state index is 12.9. The van der Waals surface area contributed by atoms with Crippen LogP contribution in [0.4, 0.5) is 0 Å². The molecule has 2 aromatic carbocycles. The van der Waals surface area contributed by atoms with Crippen molar-refractivity contribution in [3.63, 3.8) is 0 Å². The van der Waals surface area contributed by atoms with Crippen molar-refractivity contribution in [2.24, 2.45) is 0 Å². The van der Waals surface area contributed by atoms with Crippen molar-refractivity contribution in [1.29, 1.82) is 0 Å². The van der Waals surface area contributed by atoms with Crippen LogP contribution in [0.15, 0.2) is 64.3 Å². The molecule has 4 rings (SSSR count). The normalized spacial score (nSPS) is 10.9. The van der Waals surface area contributed by atoms with E-state index >= 15 is 0 Å². The lowest BCUT2D eigenvalue weighted by Gasteiger charge is -2.10. The summed E-state index contributed by atoms with van der Waals surface area (Å²) in [5, 5.41) is 7.56. The van der Waals surface area contributed by atoms with Crippen molar-refractivity contribution in [3.8, 4) is 11.5 Å². The minimum Gasteiger partial charge on any atom is -0.493 e. The Labute approximate surface area is 198 Å². The maximum Gasteiger partial charge on any atom is 0.264 e. The van der Waals surface area contributed by atoms with Gasteiger partial charge < -0.3 is 14.8 Å². The van der Waals surface area contributed by atoms with Crippen LogP contribution in [0.5, 0.6) is 11.5 Å². The predicted molar refractivity (Wildman–Crippen MR) is 127 cm³/mol. The molecule has 0 atom stereocenters. The molecule has 0 fully saturated rings. The molecule has 33 heavy (non-hydrogen) atoms. The molecule has 2 heterocycles. The highest BCUT2D eigenvalue weighted by Crippen LogP contribution is 2.27. The van der Waals surface area contributed by atoms with Crippen molar-refractivity contribution in [3.05, 3.63) is 80.9 Å².